The number of alkyl halides is 3. The fourth-order valence-corrected chi connectivity index (χ4v) is 4.38. The van der Waals surface area contributed by atoms with Crippen LogP contribution in [-0.4, -0.2) is 77.0 Å². The lowest BCUT2D eigenvalue weighted by molar-refractivity contribution is -0.137. The van der Waals surface area contributed by atoms with E-state index in [0.29, 0.717) is 43.7 Å². The molecule has 35 heavy (non-hydrogen) atoms. The van der Waals surface area contributed by atoms with Gasteiger partial charge in [-0.2, -0.15) is 18.3 Å². The fraction of sp³-hybridized carbons (Fsp3) is 0.609. The van der Waals surface area contributed by atoms with Gasteiger partial charge in [0.2, 0.25) is 0 Å². The van der Waals surface area contributed by atoms with Gasteiger partial charge < -0.3 is 25.2 Å². The Morgan fingerprint density at radius 3 is 2.69 bits per heavy atom. The van der Waals surface area contributed by atoms with Crippen molar-refractivity contribution in [1.82, 2.24) is 24.6 Å². The molecule has 2 aliphatic rings. The van der Waals surface area contributed by atoms with E-state index in [2.05, 4.69) is 32.7 Å². The van der Waals surface area contributed by atoms with Gasteiger partial charge in [-0.1, -0.05) is 0 Å². The lowest BCUT2D eigenvalue weighted by atomic mass is 10.1. The van der Waals surface area contributed by atoms with Crippen LogP contribution in [0, 0.1) is 6.92 Å². The zero-order chi connectivity index (χ0) is 25.0. The second-order valence-electron chi connectivity index (χ2n) is 9.12. The van der Waals surface area contributed by atoms with Gasteiger partial charge in [0, 0.05) is 38.1 Å². The third kappa shape index (κ3) is 6.36. The highest BCUT2D eigenvalue weighted by molar-refractivity contribution is 5.68. The molecule has 0 saturated carbocycles. The summed E-state index contributed by atoms with van der Waals surface area (Å²) in [7, 11) is 2.10. The molecule has 0 atom stereocenters. The maximum Gasteiger partial charge on any atom is 0.419 e. The normalized spacial score (nSPS) is 18.0. The maximum atomic E-state index is 13.6. The molecule has 2 fully saturated rings. The Morgan fingerprint density at radius 2 is 1.97 bits per heavy atom. The number of rotatable bonds is 8. The SMILES string of the molecule is Cc1nn(C2CCN(C)CC2)cc1Nc1cc(NCCCN2CCCOC2=O)c(C(F)(F)F)cn1. The number of pyridine rings is 1. The first-order chi connectivity index (χ1) is 16.7. The van der Waals surface area contributed by atoms with Crippen LogP contribution in [-0.2, 0) is 10.9 Å². The van der Waals surface area contributed by atoms with Crippen molar-refractivity contribution in [2.75, 3.05) is 57.0 Å². The number of hydrogen-bond acceptors (Lipinski definition) is 7. The molecule has 12 heteroatoms. The first kappa shape index (κ1) is 25.1. The van der Waals surface area contributed by atoms with Crippen molar-refractivity contribution >= 4 is 23.3 Å². The second-order valence-corrected chi connectivity index (χ2v) is 9.12. The number of ether oxygens (including phenoxy) is 1. The Kier molecular flexibility index (Phi) is 7.68. The Labute approximate surface area is 202 Å². The Morgan fingerprint density at radius 1 is 1.20 bits per heavy atom. The molecule has 2 aliphatic heterocycles. The number of carbonyl (C=O) groups is 1. The number of carbonyl (C=O) groups excluding carboxylic acids is 1. The zero-order valence-electron chi connectivity index (χ0n) is 20.1. The van der Waals surface area contributed by atoms with Gasteiger partial charge in [0.1, 0.15) is 5.82 Å². The minimum absolute atomic E-state index is 0.0587. The second kappa shape index (κ2) is 10.7. The van der Waals surface area contributed by atoms with Crippen LogP contribution in [0.3, 0.4) is 0 Å². The number of piperidine rings is 1. The smallest absolute Gasteiger partial charge is 0.419 e. The Hall–Kier alpha value is -3.02. The van der Waals surface area contributed by atoms with E-state index in [-0.39, 0.29) is 18.3 Å². The van der Waals surface area contributed by atoms with E-state index in [1.165, 1.54) is 6.07 Å². The average molecular weight is 496 g/mol. The number of anilines is 3. The third-order valence-electron chi connectivity index (χ3n) is 6.43. The Balaban J connectivity index is 1.42. The van der Waals surface area contributed by atoms with Gasteiger partial charge in [0.05, 0.1) is 35.3 Å². The van der Waals surface area contributed by atoms with Crippen molar-refractivity contribution < 1.29 is 22.7 Å². The van der Waals surface area contributed by atoms with E-state index in [4.69, 9.17) is 4.74 Å². The van der Waals surface area contributed by atoms with Gasteiger partial charge in [-0.3, -0.25) is 4.68 Å². The molecule has 0 bridgehead atoms. The van der Waals surface area contributed by atoms with Gasteiger partial charge in [-0.15, -0.1) is 0 Å². The summed E-state index contributed by atoms with van der Waals surface area (Å²) in [4.78, 5) is 19.6. The van der Waals surface area contributed by atoms with Crippen LogP contribution in [0.4, 0.5) is 35.2 Å². The lowest BCUT2D eigenvalue weighted by Crippen LogP contribution is -2.38. The average Bonchev–Trinajstić information content (AvgIpc) is 3.17. The van der Waals surface area contributed by atoms with Crippen molar-refractivity contribution in [3.8, 4) is 0 Å². The molecule has 0 spiro atoms. The number of halogens is 3. The number of nitrogens with one attached hydrogen (secondary N) is 2. The summed E-state index contributed by atoms with van der Waals surface area (Å²) in [5.41, 5.74) is 0.579. The summed E-state index contributed by atoms with van der Waals surface area (Å²) in [5.74, 6) is 0.297. The van der Waals surface area contributed by atoms with Crippen LogP contribution in [0.2, 0.25) is 0 Å². The van der Waals surface area contributed by atoms with Crippen molar-refractivity contribution in [3.63, 3.8) is 0 Å². The van der Waals surface area contributed by atoms with E-state index < -0.39 is 11.7 Å². The van der Waals surface area contributed by atoms with Gasteiger partial charge in [-0.05, 0) is 52.7 Å². The highest BCUT2D eigenvalue weighted by Crippen LogP contribution is 2.36. The molecule has 2 aromatic rings. The number of hydrogen-bond donors (Lipinski definition) is 2. The zero-order valence-corrected chi connectivity index (χ0v) is 20.1. The van der Waals surface area contributed by atoms with Crippen molar-refractivity contribution in [2.45, 2.75) is 44.8 Å². The molecule has 4 rings (SSSR count). The molecule has 2 aromatic heterocycles. The van der Waals surface area contributed by atoms with Crippen LogP contribution < -0.4 is 10.6 Å². The lowest BCUT2D eigenvalue weighted by Gasteiger charge is -2.28. The van der Waals surface area contributed by atoms with Gasteiger partial charge >= 0.3 is 12.3 Å². The maximum absolute atomic E-state index is 13.6. The largest absolute Gasteiger partial charge is 0.449 e. The van der Waals surface area contributed by atoms with Crippen LogP contribution in [0.5, 0.6) is 0 Å². The minimum Gasteiger partial charge on any atom is -0.449 e. The summed E-state index contributed by atoms with van der Waals surface area (Å²) in [6.07, 6.45) is 1.05. The fourth-order valence-electron chi connectivity index (χ4n) is 4.38. The summed E-state index contributed by atoms with van der Waals surface area (Å²) in [5, 5.41) is 10.6. The monoisotopic (exact) mass is 495 g/mol. The van der Waals surface area contributed by atoms with Crippen LogP contribution >= 0.6 is 0 Å². The van der Waals surface area contributed by atoms with Crippen molar-refractivity contribution in [1.29, 1.82) is 0 Å². The molecule has 192 valence electrons. The molecule has 2 saturated heterocycles. The molecule has 4 heterocycles. The van der Waals surface area contributed by atoms with Crippen LogP contribution in [0.15, 0.2) is 18.5 Å². The molecule has 0 unspecified atom stereocenters. The summed E-state index contributed by atoms with van der Waals surface area (Å²) in [6, 6.07) is 1.67. The predicted octanol–water partition coefficient (Wildman–Crippen LogP) is 4.26. The number of amides is 1. The van der Waals surface area contributed by atoms with Crippen LogP contribution in [0.25, 0.3) is 0 Å². The van der Waals surface area contributed by atoms with Gasteiger partial charge in [0.15, 0.2) is 0 Å². The summed E-state index contributed by atoms with van der Waals surface area (Å²) < 4.78 is 47.7. The minimum atomic E-state index is -4.54. The van der Waals surface area contributed by atoms with E-state index in [1.54, 1.807) is 4.90 Å². The molecule has 9 nitrogen and oxygen atoms in total. The number of likely N-dealkylation sites (tertiary alicyclic amines) is 1. The number of aromatic nitrogens is 3. The van der Waals surface area contributed by atoms with Crippen molar-refractivity contribution in [2.24, 2.45) is 0 Å². The molecule has 0 aromatic carbocycles. The molecule has 2 N–H and O–H groups in total. The van der Waals surface area contributed by atoms with Crippen LogP contribution in [0.1, 0.15) is 43.0 Å². The van der Waals surface area contributed by atoms with E-state index in [1.807, 2.05) is 17.8 Å². The standard InChI is InChI=1S/C23H32F3N7O2/c1-16-20(15-33(30-16)17-5-10-31(2)11-6-17)29-21-13-19(18(14-28-21)23(24,25)26)27-7-3-8-32-9-4-12-35-22(32)34/h13-15,17H,3-12H2,1-2H3,(H2,27,28,29). The number of nitrogens with zero attached hydrogens (tertiary/aromatic N) is 5. The third-order valence-corrected chi connectivity index (χ3v) is 6.43. The van der Waals surface area contributed by atoms with Crippen molar-refractivity contribution in [3.05, 3.63) is 29.7 Å². The molecular formula is C23H32F3N7O2. The highest BCUT2D eigenvalue weighted by Gasteiger charge is 2.34. The van der Waals surface area contributed by atoms with E-state index >= 15 is 0 Å². The molecule has 0 aliphatic carbocycles. The van der Waals surface area contributed by atoms with E-state index in [9.17, 15) is 18.0 Å². The first-order valence-corrected chi connectivity index (χ1v) is 11.9. The number of aryl methyl sites for hydroxylation is 1. The molecular weight excluding hydrogens is 463 g/mol. The van der Waals surface area contributed by atoms with Gasteiger partial charge in [0.25, 0.3) is 0 Å². The molecule has 1 amide bonds. The quantitative estimate of drug-likeness (QED) is 0.529. The van der Waals surface area contributed by atoms with E-state index in [0.717, 1.165) is 44.2 Å². The highest BCUT2D eigenvalue weighted by atomic mass is 19.4. The predicted molar refractivity (Wildman–Crippen MR) is 126 cm³/mol. The van der Waals surface area contributed by atoms with Gasteiger partial charge in [-0.25, -0.2) is 9.78 Å². The summed E-state index contributed by atoms with van der Waals surface area (Å²) >= 11 is 0. The number of cyclic esters (lactones) is 1. The Bertz CT molecular complexity index is 1020. The first-order valence-electron chi connectivity index (χ1n) is 11.9. The molecule has 0 radical (unpaired) electrons. The topological polar surface area (TPSA) is 87.5 Å². The summed E-state index contributed by atoms with van der Waals surface area (Å²) in [6.45, 7) is 5.55.